The predicted octanol–water partition coefficient (Wildman–Crippen LogP) is 11.3. The molecule has 6 heteroatoms. The van der Waals surface area contributed by atoms with E-state index in [4.69, 9.17) is 28.5 Å². The Morgan fingerprint density at radius 3 is 2.00 bits per heavy atom. The summed E-state index contributed by atoms with van der Waals surface area (Å²) in [6, 6.07) is 43.0. The summed E-state index contributed by atoms with van der Waals surface area (Å²) in [5.74, 6) is 2.63. The molecule has 3 aromatic heterocycles. The van der Waals surface area contributed by atoms with Crippen molar-refractivity contribution in [2.45, 2.75) is 12.0 Å². The zero-order chi connectivity index (χ0) is 33.5. The maximum Gasteiger partial charge on any atom is 0.164 e. The Kier molecular flexibility index (Phi) is 5.98. The molecular weight excluding hydrogens is 631 g/mol. The molecule has 0 amide bonds. The van der Waals surface area contributed by atoms with Crippen molar-refractivity contribution in [1.29, 1.82) is 0 Å². The Morgan fingerprint density at radius 1 is 0.451 bits per heavy atom. The first kappa shape index (κ1) is 28.1. The Balaban J connectivity index is 1.15. The normalized spacial score (nSPS) is 16.2. The average Bonchev–Trinajstić information content (AvgIpc) is 3.89. The van der Waals surface area contributed by atoms with Crippen LogP contribution in [-0.2, 0) is 0 Å². The molecule has 2 unspecified atom stereocenters. The predicted molar refractivity (Wildman–Crippen MR) is 202 cm³/mol. The van der Waals surface area contributed by atoms with Crippen LogP contribution in [0.25, 0.3) is 89.2 Å². The van der Waals surface area contributed by atoms with E-state index in [2.05, 4.69) is 66.8 Å². The fourth-order valence-corrected chi connectivity index (χ4v) is 7.77. The molecule has 9 aromatic rings. The third-order valence-corrected chi connectivity index (χ3v) is 10.1. The van der Waals surface area contributed by atoms with Crippen LogP contribution in [0, 0.1) is 0 Å². The first-order chi connectivity index (χ1) is 25.3. The minimum Gasteiger partial charge on any atom is -0.484 e. The minimum atomic E-state index is -0.142. The molecule has 0 saturated heterocycles. The van der Waals surface area contributed by atoms with Crippen molar-refractivity contribution in [2.75, 3.05) is 0 Å². The van der Waals surface area contributed by atoms with Crippen molar-refractivity contribution in [2.24, 2.45) is 0 Å². The van der Waals surface area contributed by atoms with Crippen LogP contribution in [0.3, 0.4) is 0 Å². The second-order valence-electron chi connectivity index (χ2n) is 13.0. The number of hydrogen-bond donors (Lipinski definition) is 0. The lowest BCUT2D eigenvalue weighted by Crippen LogP contribution is -2.16. The number of furan rings is 2. The van der Waals surface area contributed by atoms with Crippen LogP contribution in [0.4, 0.5) is 0 Å². The van der Waals surface area contributed by atoms with Crippen LogP contribution in [0.2, 0.25) is 0 Å². The third kappa shape index (κ3) is 4.33. The molecule has 0 radical (unpaired) electrons. The Morgan fingerprint density at radius 2 is 1.12 bits per heavy atom. The zero-order valence-corrected chi connectivity index (χ0v) is 27.2. The largest absolute Gasteiger partial charge is 0.484 e. The highest BCUT2D eigenvalue weighted by atomic mass is 16.5. The van der Waals surface area contributed by atoms with Gasteiger partial charge in [-0.1, -0.05) is 97.1 Å². The first-order valence-corrected chi connectivity index (χ1v) is 17.1. The fourth-order valence-electron chi connectivity index (χ4n) is 7.77. The van der Waals surface area contributed by atoms with E-state index in [9.17, 15) is 0 Å². The highest BCUT2D eigenvalue weighted by molar-refractivity contribution is 6.13. The van der Waals surface area contributed by atoms with Gasteiger partial charge in [-0.3, -0.25) is 0 Å². The van der Waals surface area contributed by atoms with Crippen LogP contribution in [0.5, 0.6) is 5.75 Å². The Hall–Kier alpha value is -6.79. The number of ether oxygens (including phenoxy) is 1. The Labute approximate surface area is 292 Å². The summed E-state index contributed by atoms with van der Waals surface area (Å²) in [4.78, 5) is 15.4. The zero-order valence-electron chi connectivity index (χ0n) is 27.2. The van der Waals surface area contributed by atoms with E-state index in [1.807, 2.05) is 84.9 Å². The number of para-hydroxylation sites is 2. The lowest BCUT2D eigenvalue weighted by atomic mass is 9.86. The van der Waals surface area contributed by atoms with Gasteiger partial charge >= 0.3 is 0 Å². The highest BCUT2D eigenvalue weighted by Gasteiger charge is 2.37. The van der Waals surface area contributed by atoms with Gasteiger partial charge in [-0.2, -0.15) is 0 Å². The molecule has 1 aliphatic carbocycles. The van der Waals surface area contributed by atoms with Gasteiger partial charge in [0.15, 0.2) is 17.5 Å². The SMILES string of the molecule is C1=CC2Oc3c(-c4cccc5oc6ccccc6c45)ccc(-c4nc(-c5ccccc5)nc(-c5ccc6oc7ccccc7c6c5)n4)c3C2C=C1. The summed E-state index contributed by atoms with van der Waals surface area (Å²) >= 11 is 0. The molecule has 0 spiro atoms. The summed E-state index contributed by atoms with van der Waals surface area (Å²) in [6.45, 7) is 0. The second kappa shape index (κ2) is 10.9. The maximum atomic E-state index is 6.86. The topological polar surface area (TPSA) is 74.2 Å². The van der Waals surface area contributed by atoms with E-state index in [0.717, 1.165) is 83.0 Å². The molecule has 2 aliphatic rings. The fraction of sp³-hybridized carbons (Fsp3) is 0.0444. The lowest BCUT2D eigenvalue weighted by molar-refractivity contribution is 0.270. The summed E-state index contributed by atoms with van der Waals surface area (Å²) in [5.41, 5.74) is 9.24. The number of fused-ring (bicyclic) bond motifs is 9. The standard InChI is InChI=1S/C45H27N3O3/c1-2-11-26(12-3-1)43-46-44(27-21-24-38-34(25-27)28-13-4-7-17-35(28)49-38)48-45(47-43)33-23-22-30(42-41(33)32-15-6-9-19-37(32)51-42)29-16-10-20-39-40(29)31-14-5-8-18-36(31)50-39/h1-25,32,37H. The maximum absolute atomic E-state index is 6.86. The molecule has 1 aliphatic heterocycles. The van der Waals surface area contributed by atoms with Gasteiger partial charge < -0.3 is 13.6 Å². The quantitative estimate of drug-likeness (QED) is 0.187. The van der Waals surface area contributed by atoms with Gasteiger partial charge in [0.25, 0.3) is 0 Å². The van der Waals surface area contributed by atoms with Crippen LogP contribution in [-0.4, -0.2) is 21.1 Å². The first-order valence-electron chi connectivity index (χ1n) is 17.1. The van der Waals surface area contributed by atoms with Crippen LogP contribution < -0.4 is 4.74 Å². The molecule has 6 aromatic carbocycles. The van der Waals surface area contributed by atoms with Crippen molar-refractivity contribution in [1.82, 2.24) is 15.0 Å². The molecule has 240 valence electrons. The van der Waals surface area contributed by atoms with Crippen LogP contribution in [0.15, 0.2) is 161 Å². The van der Waals surface area contributed by atoms with Crippen molar-refractivity contribution in [3.8, 4) is 51.0 Å². The van der Waals surface area contributed by atoms with E-state index in [-0.39, 0.29) is 12.0 Å². The number of benzene rings is 6. The summed E-state index contributed by atoms with van der Waals surface area (Å²) in [5, 5.41) is 4.23. The van der Waals surface area contributed by atoms with E-state index in [0.29, 0.717) is 17.5 Å². The van der Waals surface area contributed by atoms with Crippen LogP contribution in [0.1, 0.15) is 11.5 Å². The molecule has 11 rings (SSSR count). The second-order valence-corrected chi connectivity index (χ2v) is 13.0. The highest BCUT2D eigenvalue weighted by Crippen LogP contribution is 2.52. The van der Waals surface area contributed by atoms with E-state index >= 15 is 0 Å². The molecule has 51 heavy (non-hydrogen) atoms. The number of hydrogen-bond acceptors (Lipinski definition) is 6. The molecule has 0 bridgehead atoms. The molecule has 4 heterocycles. The van der Waals surface area contributed by atoms with Gasteiger partial charge in [-0.25, -0.2) is 15.0 Å². The lowest BCUT2D eigenvalue weighted by Gasteiger charge is -2.16. The van der Waals surface area contributed by atoms with Crippen molar-refractivity contribution < 1.29 is 13.6 Å². The Bertz CT molecular complexity index is 2920. The van der Waals surface area contributed by atoms with E-state index in [1.54, 1.807) is 0 Å². The van der Waals surface area contributed by atoms with Gasteiger partial charge in [-0.05, 0) is 60.2 Å². The van der Waals surface area contributed by atoms with Gasteiger partial charge in [-0.15, -0.1) is 0 Å². The van der Waals surface area contributed by atoms with Crippen LogP contribution >= 0.6 is 0 Å². The monoisotopic (exact) mass is 657 g/mol. The number of rotatable bonds is 4. The van der Waals surface area contributed by atoms with Gasteiger partial charge in [0, 0.05) is 55.3 Å². The molecule has 2 atom stereocenters. The summed E-state index contributed by atoms with van der Waals surface area (Å²) in [7, 11) is 0. The van der Waals surface area contributed by atoms with E-state index < -0.39 is 0 Å². The summed E-state index contributed by atoms with van der Waals surface area (Å²) < 4.78 is 19.3. The van der Waals surface area contributed by atoms with Crippen molar-refractivity contribution in [3.05, 3.63) is 157 Å². The number of allylic oxidation sites excluding steroid dienone is 2. The molecule has 0 N–H and O–H groups in total. The van der Waals surface area contributed by atoms with Gasteiger partial charge in [0.2, 0.25) is 0 Å². The molecule has 0 saturated carbocycles. The average molecular weight is 658 g/mol. The minimum absolute atomic E-state index is 0.00529. The van der Waals surface area contributed by atoms with E-state index in [1.165, 1.54) is 0 Å². The molecule has 0 fully saturated rings. The van der Waals surface area contributed by atoms with Crippen molar-refractivity contribution in [3.63, 3.8) is 0 Å². The molecule has 6 nitrogen and oxygen atoms in total. The van der Waals surface area contributed by atoms with Crippen molar-refractivity contribution >= 4 is 43.9 Å². The van der Waals surface area contributed by atoms with Gasteiger partial charge in [0.05, 0.1) is 0 Å². The smallest absolute Gasteiger partial charge is 0.164 e. The summed E-state index contributed by atoms with van der Waals surface area (Å²) in [6.07, 6.45) is 8.36. The number of aromatic nitrogens is 3. The molecular formula is C45H27N3O3. The van der Waals surface area contributed by atoms with Gasteiger partial charge in [0.1, 0.15) is 34.2 Å². The third-order valence-electron chi connectivity index (χ3n) is 10.1. The number of nitrogens with zero attached hydrogens (tertiary/aromatic N) is 3.